The quantitative estimate of drug-likeness (QED) is 0.673. The molecule has 6 nitrogen and oxygen atoms in total. The van der Waals surface area contributed by atoms with Gasteiger partial charge in [0.15, 0.2) is 0 Å². The summed E-state index contributed by atoms with van der Waals surface area (Å²) in [6.07, 6.45) is 2.65. The van der Waals surface area contributed by atoms with Crippen molar-refractivity contribution >= 4 is 5.69 Å². The van der Waals surface area contributed by atoms with Crippen LogP contribution in [0, 0.1) is 29.9 Å². The van der Waals surface area contributed by atoms with Gasteiger partial charge in [-0.05, 0) is 32.7 Å². The minimum atomic E-state index is -0.320. The number of rotatable bonds is 3. The van der Waals surface area contributed by atoms with Gasteiger partial charge in [0, 0.05) is 36.5 Å². The Balaban J connectivity index is 2.18. The van der Waals surface area contributed by atoms with Crippen molar-refractivity contribution < 1.29 is 4.92 Å². The lowest BCUT2D eigenvalue weighted by molar-refractivity contribution is -0.386. The summed E-state index contributed by atoms with van der Waals surface area (Å²) in [5.41, 5.74) is 8.34. The summed E-state index contributed by atoms with van der Waals surface area (Å²) in [6.45, 7) is 8.09. The number of nitro groups is 1. The molecule has 2 rings (SSSR count). The third kappa shape index (κ3) is 2.96. The summed E-state index contributed by atoms with van der Waals surface area (Å²) in [5.74, 6) is 0.535. The third-order valence-corrected chi connectivity index (χ3v) is 4.23. The maximum atomic E-state index is 11.1. The summed E-state index contributed by atoms with van der Waals surface area (Å²) in [5, 5.41) is 11.1. The Morgan fingerprint density at radius 1 is 1.55 bits per heavy atom. The first-order chi connectivity index (χ1) is 9.40. The van der Waals surface area contributed by atoms with Crippen molar-refractivity contribution in [3.05, 3.63) is 33.1 Å². The number of likely N-dealkylation sites (tertiary alicyclic amines) is 1. The van der Waals surface area contributed by atoms with Gasteiger partial charge >= 0.3 is 0 Å². The molecule has 110 valence electrons. The molecule has 0 aromatic carbocycles. The fourth-order valence-corrected chi connectivity index (χ4v) is 2.73. The molecule has 2 N–H and O–H groups in total. The number of aromatic nitrogens is 1. The fourth-order valence-electron chi connectivity index (χ4n) is 2.73. The van der Waals surface area contributed by atoms with Crippen LogP contribution in [-0.2, 0) is 6.54 Å². The van der Waals surface area contributed by atoms with Crippen molar-refractivity contribution in [2.75, 3.05) is 13.1 Å². The molecule has 0 saturated carbocycles. The number of aryl methyl sites for hydroxylation is 1. The Bertz CT molecular complexity index is 518. The summed E-state index contributed by atoms with van der Waals surface area (Å²) < 4.78 is 0. The van der Waals surface area contributed by atoms with E-state index in [0.717, 1.165) is 25.2 Å². The number of pyridine rings is 1. The first-order valence-corrected chi connectivity index (χ1v) is 6.97. The molecule has 2 heterocycles. The van der Waals surface area contributed by atoms with Gasteiger partial charge in [0.1, 0.15) is 0 Å². The smallest absolute Gasteiger partial charge is 0.278 e. The molecular weight excluding hydrogens is 256 g/mol. The standard InChI is InChI=1S/C14H22N4O2/c1-9-4-5-17(7-12(9)15)8-13-11(3)14(18(19)20)10(2)6-16-13/h6,9,12H,4-5,7-8,15H2,1-3H3. The van der Waals surface area contributed by atoms with Gasteiger partial charge in [0.2, 0.25) is 0 Å². The van der Waals surface area contributed by atoms with Crippen LogP contribution in [0.3, 0.4) is 0 Å². The van der Waals surface area contributed by atoms with Crippen LogP contribution in [0.5, 0.6) is 0 Å². The van der Waals surface area contributed by atoms with E-state index in [1.54, 1.807) is 20.0 Å². The molecule has 0 aliphatic carbocycles. The minimum Gasteiger partial charge on any atom is -0.326 e. The normalized spacial score (nSPS) is 23.8. The molecule has 2 unspecified atom stereocenters. The molecule has 1 aliphatic rings. The van der Waals surface area contributed by atoms with Crippen LogP contribution < -0.4 is 5.73 Å². The fraction of sp³-hybridized carbons (Fsp3) is 0.643. The lowest BCUT2D eigenvalue weighted by Gasteiger charge is -2.35. The van der Waals surface area contributed by atoms with Crippen LogP contribution in [0.15, 0.2) is 6.20 Å². The van der Waals surface area contributed by atoms with Crippen molar-refractivity contribution in [2.45, 2.75) is 39.8 Å². The Kier molecular flexibility index (Phi) is 4.35. The molecule has 0 spiro atoms. The van der Waals surface area contributed by atoms with Gasteiger partial charge in [0.05, 0.1) is 10.6 Å². The molecule has 1 aliphatic heterocycles. The average molecular weight is 278 g/mol. The highest BCUT2D eigenvalue weighted by molar-refractivity contribution is 5.47. The predicted molar refractivity (Wildman–Crippen MR) is 77.4 cm³/mol. The van der Waals surface area contributed by atoms with E-state index >= 15 is 0 Å². The zero-order valence-corrected chi connectivity index (χ0v) is 12.3. The van der Waals surface area contributed by atoms with E-state index in [1.807, 2.05) is 0 Å². The highest BCUT2D eigenvalue weighted by atomic mass is 16.6. The highest BCUT2D eigenvalue weighted by Gasteiger charge is 2.25. The van der Waals surface area contributed by atoms with Crippen LogP contribution in [0.1, 0.15) is 30.2 Å². The van der Waals surface area contributed by atoms with E-state index in [2.05, 4.69) is 16.8 Å². The van der Waals surface area contributed by atoms with E-state index in [0.29, 0.717) is 23.6 Å². The number of nitrogens with two attached hydrogens (primary N) is 1. The van der Waals surface area contributed by atoms with Crippen molar-refractivity contribution in [3.8, 4) is 0 Å². The third-order valence-electron chi connectivity index (χ3n) is 4.23. The van der Waals surface area contributed by atoms with Crippen LogP contribution in [0.4, 0.5) is 5.69 Å². The summed E-state index contributed by atoms with van der Waals surface area (Å²) in [4.78, 5) is 17.4. The van der Waals surface area contributed by atoms with Crippen molar-refractivity contribution in [3.63, 3.8) is 0 Å². The second-order valence-electron chi connectivity index (χ2n) is 5.78. The topological polar surface area (TPSA) is 85.3 Å². The summed E-state index contributed by atoms with van der Waals surface area (Å²) in [6, 6.07) is 0.171. The molecule has 2 atom stereocenters. The number of nitrogens with zero attached hydrogens (tertiary/aromatic N) is 3. The molecule has 1 saturated heterocycles. The van der Waals surface area contributed by atoms with Gasteiger partial charge in [-0.25, -0.2) is 0 Å². The molecule has 6 heteroatoms. The Hall–Kier alpha value is -1.53. The Morgan fingerprint density at radius 3 is 2.85 bits per heavy atom. The minimum absolute atomic E-state index is 0.171. The zero-order chi connectivity index (χ0) is 14.9. The summed E-state index contributed by atoms with van der Waals surface area (Å²) >= 11 is 0. The van der Waals surface area contributed by atoms with Gasteiger partial charge in [-0.1, -0.05) is 6.92 Å². The van der Waals surface area contributed by atoms with Crippen molar-refractivity contribution in [2.24, 2.45) is 11.7 Å². The molecule has 0 bridgehead atoms. The zero-order valence-electron chi connectivity index (χ0n) is 12.3. The lowest BCUT2D eigenvalue weighted by atomic mass is 9.94. The monoisotopic (exact) mass is 278 g/mol. The van der Waals surface area contributed by atoms with Gasteiger partial charge in [0.25, 0.3) is 5.69 Å². The summed E-state index contributed by atoms with van der Waals surface area (Å²) in [7, 11) is 0. The van der Waals surface area contributed by atoms with E-state index in [-0.39, 0.29) is 16.7 Å². The second-order valence-corrected chi connectivity index (χ2v) is 5.78. The van der Waals surface area contributed by atoms with Gasteiger partial charge in [-0.2, -0.15) is 0 Å². The van der Waals surface area contributed by atoms with E-state index in [4.69, 9.17) is 5.73 Å². The molecule has 0 radical (unpaired) electrons. The molecule has 20 heavy (non-hydrogen) atoms. The number of hydrogen-bond acceptors (Lipinski definition) is 5. The van der Waals surface area contributed by atoms with Gasteiger partial charge < -0.3 is 5.73 Å². The predicted octanol–water partition coefficient (Wildman–Crippen LogP) is 1.78. The highest BCUT2D eigenvalue weighted by Crippen LogP contribution is 2.26. The molecule has 1 aromatic rings. The van der Waals surface area contributed by atoms with E-state index in [1.165, 1.54) is 0 Å². The van der Waals surface area contributed by atoms with Crippen LogP contribution in [-0.4, -0.2) is 33.9 Å². The lowest BCUT2D eigenvalue weighted by Crippen LogP contribution is -2.47. The number of piperidine rings is 1. The average Bonchev–Trinajstić information content (AvgIpc) is 2.37. The molecule has 1 fully saturated rings. The Labute approximate surface area is 119 Å². The van der Waals surface area contributed by atoms with Crippen molar-refractivity contribution in [1.29, 1.82) is 0 Å². The molecule has 1 aromatic heterocycles. The maximum Gasteiger partial charge on any atom is 0.278 e. The Morgan fingerprint density at radius 2 is 2.25 bits per heavy atom. The van der Waals surface area contributed by atoms with E-state index < -0.39 is 0 Å². The first kappa shape index (κ1) is 14.9. The maximum absolute atomic E-state index is 11.1. The first-order valence-electron chi connectivity index (χ1n) is 6.97. The molecule has 0 amide bonds. The van der Waals surface area contributed by atoms with Crippen LogP contribution in [0.25, 0.3) is 0 Å². The largest absolute Gasteiger partial charge is 0.326 e. The van der Waals surface area contributed by atoms with Gasteiger partial charge in [-0.3, -0.25) is 20.0 Å². The van der Waals surface area contributed by atoms with Crippen molar-refractivity contribution in [1.82, 2.24) is 9.88 Å². The molecular formula is C14H22N4O2. The SMILES string of the molecule is Cc1cnc(CN2CCC(C)C(N)C2)c(C)c1[N+](=O)[O-]. The number of hydrogen-bond donors (Lipinski definition) is 1. The van der Waals surface area contributed by atoms with Crippen LogP contribution >= 0.6 is 0 Å². The van der Waals surface area contributed by atoms with E-state index in [9.17, 15) is 10.1 Å². The van der Waals surface area contributed by atoms with Gasteiger partial charge in [-0.15, -0.1) is 0 Å². The second kappa shape index (κ2) is 5.85. The van der Waals surface area contributed by atoms with Crippen LogP contribution in [0.2, 0.25) is 0 Å².